The van der Waals surface area contributed by atoms with E-state index < -0.39 is 14.9 Å². The molecule has 0 aliphatic rings. The second-order valence-electron chi connectivity index (χ2n) is 4.32. The van der Waals surface area contributed by atoms with Crippen LogP contribution in [0.2, 0.25) is 0 Å². The smallest absolute Gasteiger partial charge is 0.273 e. The summed E-state index contributed by atoms with van der Waals surface area (Å²) in [5.74, 6) is 0. The SMILES string of the molecule is Cc1ccc(S(=O)(=O)Nc2ccc(Br)cc2)cc1[N+](=O)[O-]. The van der Waals surface area contributed by atoms with Crippen LogP contribution < -0.4 is 4.72 Å². The average molecular weight is 371 g/mol. The third-order valence-electron chi connectivity index (χ3n) is 2.78. The van der Waals surface area contributed by atoms with Crippen molar-refractivity contribution in [2.45, 2.75) is 11.8 Å². The number of rotatable bonds is 4. The molecule has 6 nitrogen and oxygen atoms in total. The van der Waals surface area contributed by atoms with Crippen LogP contribution in [0, 0.1) is 17.0 Å². The van der Waals surface area contributed by atoms with Crippen molar-refractivity contribution in [3.8, 4) is 0 Å². The Hall–Kier alpha value is -1.93. The predicted molar refractivity (Wildman–Crippen MR) is 82.8 cm³/mol. The van der Waals surface area contributed by atoms with E-state index in [2.05, 4.69) is 20.7 Å². The summed E-state index contributed by atoms with van der Waals surface area (Å²) in [6, 6.07) is 10.4. The number of nitrogens with zero attached hydrogens (tertiary/aromatic N) is 1. The van der Waals surface area contributed by atoms with Gasteiger partial charge in [0.1, 0.15) is 0 Å². The largest absolute Gasteiger partial charge is 0.280 e. The second-order valence-corrected chi connectivity index (χ2v) is 6.92. The molecule has 0 saturated heterocycles. The van der Waals surface area contributed by atoms with Crippen molar-refractivity contribution in [3.63, 3.8) is 0 Å². The quantitative estimate of drug-likeness (QED) is 0.658. The lowest BCUT2D eigenvalue weighted by Crippen LogP contribution is -2.13. The van der Waals surface area contributed by atoms with E-state index in [0.29, 0.717) is 11.3 Å². The summed E-state index contributed by atoms with van der Waals surface area (Å²) in [6.07, 6.45) is 0. The number of hydrogen-bond donors (Lipinski definition) is 1. The van der Waals surface area contributed by atoms with Crippen molar-refractivity contribution in [2.24, 2.45) is 0 Å². The van der Waals surface area contributed by atoms with E-state index in [1.807, 2.05) is 0 Å². The van der Waals surface area contributed by atoms with E-state index in [9.17, 15) is 18.5 Å². The fourth-order valence-corrected chi connectivity index (χ4v) is 3.03. The van der Waals surface area contributed by atoms with Crippen LogP contribution in [0.5, 0.6) is 0 Å². The molecule has 21 heavy (non-hydrogen) atoms. The Morgan fingerprint density at radius 3 is 2.33 bits per heavy atom. The number of nitro groups is 1. The normalized spacial score (nSPS) is 11.1. The van der Waals surface area contributed by atoms with Crippen molar-refractivity contribution < 1.29 is 13.3 Å². The molecule has 0 fully saturated rings. The first-order valence-corrected chi connectivity index (χ1v) is 8.10. The molecule has 0 heterocycles. The van der Waals surface area contributed by atoms with Gasteiger partial charge in [-0.1, -0.05) is 22.0 Å². The molecule has 0 aliphatic heterocycles. The molecule has 0 aromatic heterocycles. The zero-order valence-electron chi connectivity index (χ0n) is 10.9. The lowest BCUT2D eigenvalue weighted by atomic mass is 10.2. The van der Waals surface area contributed by atoms with Gasteiger partial charge in [-0.15, -0.1) is 0 Å². The Bertz CT molecular complexity index is 788. The van der Waals surface area contributed by atoms with Gasteiger partial charge in [-0.3, -0.25) is 14.8 Å². The molecule has 0 radical (unpaired) electrons. The van der Waals surface area contributed by atoms with Gasteiger partial charge >= 0.3 is 0 Å². The van der Waals surface area contributed by atoms with Gasteiger partial charge in [-0.2, -0.15) is 0 Å². The highest BCUT2D eigenvalue weighted by Gasteiger charge is 2.19. The van der Waals surface area contributed by atoms with Gasteiger partial charge in [-0.25, -0.2) is 8.42 Å². The lowest BCUT2D eigenvalue weighted by Gasteiger charge is -2.08. The molecule has 8 heteroatoms. The first-order chi connectivity index (χ1) is 9.79. The highest BCUT2D eigenvalue weighted by atomic mass is 79.9. The molecule has 110 valence electrons. The van der Waals surface area contributed by atoms with E-state index in [1.54, 1.807) is 31.2 Å². The molecular formula is C13H11BrN2O4S. The number of nitrogens with one attached hydrogen (secondary N) is 1. The summed E-state index contributed by atoms with van der Waals surface area (Å²) >= 11 is 3.25. The fraction of sp³-hybridized carbons (Fsp3) is 0.0769. The maximum Gasteiger partial charge on any atom is 0.273 e. The Labute approximate surface area is 130 Å². The molecule has 0 atom stereocenters. The van der Waals surface area contributed by atoms with E-state index >= 15 is 0 Å². The summed E-state index contributed by atoms with van der Waals surface area (Å²) in [4.78, 5) is 10.1. The van der Waals surface area contributed by atoms with E-state index in [4.69, 9.17) is 0 Å². The van der Waals surface area contributed by atoms with Gasteiger partial charge < -0.3 is 0 Å². The number of aryl methyl sites for hydroxylation is 1. The summed E-state index contributed by atoms with van der Waals surface area (Å²) in [5.41, 5.74) is 0.553. The molecule has 0 saturated carbocycles. The first-order valence-electron chi connectivity index (χ1n) is 5.83. The molecule has 0 amide bonds. The van der Waals surface area contributed by atoms with Gasteiger partial charge in [0.05, 0.1) is 9.82 Å². The monoisotopic (exact) mass is 370 g/mol. The third kappa shape index (κ3) is 3.59. The summed E-state index contributed by atoms with van der Waals surface area (Å²) in [7, 11) is -3.87. The molecule has 0 unspecified atom stereocenters. The van der Waals surface area contributed by atoms with Crippen LogP contribution in [0.3, 0.4) is 0 Å². The van der Waals surface area contributed by atoms with Crippen LogP contribution >= 0.6 is 15.9 Å². The van der Waals surface area contributed by atoms with Gasteiger partial charge in [0, 0.05) is 21.8 Å². The van der Waals surface area contributed by atoms with E-state index in [1.165, 1.54) is 12.1 Å². The number of hydrogen-bond acceptors (Lipinski definition) is 4. The number of halogens is 1. The minimum absolute atomic E-state index is 0.150. The summed E-state index contributed by atoms with van der Waals surface area (Å²) < 4.78 is 27.6. The van der Waals surface area contributed by atoms with E-state index in [0.717, 1.165) is 10.5 Å². The molecule has 2 rings (SSSR count). The van der Waals surface area contributed by atoms with Gasteiger partial charge in [0.25, 0.3) is 15.7 Å². The number of benzene rings is 2. The Morgan fingerprint density at radius 2 is 1.76 bits per heavy atom. The average Bonchev–Trinajstić information content (AvgIpc) is 2.41. The van der Waals surface area contributed by atoms with Crippen molar-refractivity contribution in [1.29, 1.82) is 0 Å². The minimum Gasteiger partial charge on any atom is -0.280 e. The van der Waals surface area contributed by atoms with Crippen LogP contribution in [0.4, 0.5) is 11.4 Å². The van der Waals surface area contributed by atoms with Gasteiger partial charge in [0.15, 0.2) is 0 Å². The van der Waals surface area contributed by atoms with Crippen LogP contribution in [-0.4, -0.2) is 13.3 Å². The van der Waals surface area contributed by atoms with Crippen LogP contribution in [0.15, 0.2) is 51.8 Å². The number of sulfonamides is 1. The van der Waals surface area contributed by atoms with Gasteiger partial charge in [-0.05, 0) is 37.3 Å². The third-order valence-corrected chi connectivity index (χ3v) is 4.69. The molecule has 2 aromatic carbocycles. The fourth-order valence-electron chi connectivity index (χ4n) is 1.69. The maximum atomic E-state index is 12.2. The minimum atomic E-state index is -3.87. The maximum absolute atomic E-state index is 12.2. The molecule has 1 N–H and O–H groups in total. The molecule has 0 bridgehead atoms. The van der Waals surface area contributed by atoms with Crippen molar-refractivity contribution in [3.05, 3.63) is 62.6 Å². The Balaban J connectivity index is 2.38. The van der Waals surface area contributed by atoms with Gasteiger partial charge in [0.2, 0.25) is 0 Å². The zero-order valence-corrected chi connectivity index (χ0v) is 13.3. The van der Waals surface area contributed by atoms with Crippen LogP contribution in [0.25, 0.3) is 0 Å². The highest BCUT2D eigenvalue weighted by molar-refractivity contribution is 9.10. The molecular weight excluding hydrogens is 360 g/mol. The van der Waals surface area contributed by atoms with Crippen LogP contribution in [-0.2, 0) is 10.0 Å². The second kappa shape index (κ2) is 5.82. The predicted octanol–water partition coefficient (Wildman–Crippen LogP) is 3.47. The molecule has 0 aliphatic carbocycles. The standard InChI is InChI=1S/C13H11BrN2O4S/c1-9-2-7-12(8-13(9)16(17)18)21(19,20)15-11-5-3-10(14)4-6-11/h2-8,15H,1H3. The number of anilines is 1. The van der Waals surface area contributed by atoms with E-state index in [-0.39, 0.29) is 10.6 Å². The summed E-state index contributed by atoms with van der Waals surface area (Å²) in [5, 5.41) is 10.9. The van der Waals surface area contributed by atoms with Crippen LogP contribution in [0.1, 0.15) is 5.56 Å². The molecule has 2 aromatic rings. The first kappa shape index (κ1) is 15.5. The zero-order chi connectivity index (χ0) is 15.6. The summed E-state index contributed by atoms with van der Waals surface area (Å²) in [6.45, 7) is 1.55. The topological polar surface area (TPSA) is 89.3 Å². The Kier molecular flexibility index (Phi) is 4.29. The Morgan fingerprint density at radius 1 is 1.14 bits per heavy atom. The van der Waals surface area contributed by atoms with Crippen molar-refractivity contribution >= 4 is 37.3 Å². The molecule has 0 spiro atoms. The van der Waals surface area contributed by atoms with Crippen molar-refractivity contribution in [2.75, 3.05) is 4.72 Å². The highest BCUT2D eigenvalue weighted by Crippen LogP contribution is 2.24. The number of nitro benzene ring substituents is 1. The van der Waals surface area contributed by atoms with Crippen molar-refractivity contribution in [1.82, 2.24) is 0 Å². The lowest BCUT2D eigenvalue weighted by molar-refractivity contribution is -0.385.